The summed E-state index contributed by atoms with van der Waals surface area (Å²) in [5.74, 6) is 0.654. The quantitative estimate of drug-likeness (QED) is 0.687. The van der Waals surface area contributed by atoms with E-state index in [0.29, 0.717) is 5.92 Å². The highest BCUT2D eigenvalue weighted by Crippen LogP contribution is 2.13. The molecule has 0 atom stereocenters. The van der Waals surface area contributed by atoms with Crippen molar-refractivity contribution in [2.75, 3.05) is 18.5 Å². The molecule has 0 amide bonds. The Hall–Kier alpha value is -1.06. The molecule has 0 saturated heterocycles. The van der Waals surface area contributed by atoms with Crippen molar-refractivity contribution < 1.29 is 10.2 Å². The van der Waals surface area contributed by atoms with Gasteiger partial charge in [0.15, 0.2) is 0 Å². The molecular formula is C13H21NO2. The summed E-state index contributed by atoms with van der Waals surface area (Å²) < 4.78 is 0. The number of aliphatic hydroxyl groups is 2. The molecule has 3 N–H and O–H groups in total. The normalized spacial score (nSPS) is 11.1. The second-order valence-electron chi connectivity index (χ2n) is 4.50. The molecule has 3 nitrogen and oxygen atoms in total. The molecule has 3 heteroatoms. The van der Waals surface area contributed by atoms with Crippen molar-refractivity contribution in [3.05, 3.63) is 29.8 Å². The topological polar surface area (TPSA) is 52.5 Å². The van der Waals surface area contributed by atoms with Crippen LogP contribution in [0.4, 0.5) is 5.69 Å². The number of hydrogen-bond acceptors (Lipinski definition) is 3. The molecule has 0 radical (unpaired) electrons. The maximum Gasteiger partial charge on any atom is 0.0723 e. The van der Waals surface area contributed by atoms with Crippen LogP contribution in [-0.4, -0.2) is 29.5 Å². The number of rotatable bonds is 6. The smallest absolute Gasteiger partial charge is 0.0723 e. The summed E-state index contributed by atoms with van der Waals surface area (Å²) in [6.45, 7) is 4.26. The van der Waals surface area contributed by atoms with Gasteiger partial charge in [0.2, 0.25) is 0 Å². The van der Waals surface area contributed by atoms with E-state index in [1.54, 1.807) is 0 Å². The molecule has 0 aromatic heterocycles. The fourth-order valence-electron chi connectivity index (χ4n) is 1.59. The summed E-state index contributed by atoms with van der Waals surface area (Å²) in [7, 11) is 0. The Labute approximate surface area is 97.1 Å². The minimum Gasteiger partial charge on any atom is -0.394 e. The molecule has 16 heavy (non-hydrogen) atoms. The first-order valence-electron chi connectivity index (χ1n) is 5.73. The van der Waals surface area contributed by atoms with Crippen molar-refractivity contribution in [2.45, 2.75) is 26.3 Å². The highest BCUT2D eigenvalue weighted by atomic mass is 16.3. The summed E-state index contributed by atoms with van der Waals surface area (Å²) in [5, 5.41) is 20.9. The third kappa shape index (κ3) is 4.21. The van der Waals surface area contributed by atoms with Crippen molar-refractivity contribution in [2.24, 2.45) is 5.92 Å². The number of aliphatic hydroxyl groups excluding tert-OH is 2. The molecule has 1 aromatic carbocycles. The highest BCUT2D eigenvalue weighted by Gasteiger charge is 2.05. The standard InChI is InChI=1S/C13H21NO2/c1-10(2)7-11-3-5-12(6-4-11)14-13(8-15)9-16/h3-6,10,13-16H,7-9H2,1-2H3. The van der Waals surface area contributed by atoms with E-state index in [2.05, 4.69) is 31.3 Å². The van der Waals surface area contributed by atoms with E-state index in [1.165, 1.54) is 5.56 Å². The minimum absolute atomic E-state index is 0.0652. The van der Waals surface area contributed by atoms with E-state index in [-0.39, 0.29) is 19.3 Å². The monoisotopic (exact) mass is 223 g/mol. The van der Waals surface area contributed by atoms with Gasteiger partial charge < -0.3 is 15.5 Å². The predicted molar refractivity (Wildman–Crippen MR) is 66.6 cm³/mol. The molecule has 90 valence electrons. The van der Waals surface area contributed by atoms with Gasteiger partial charge in [0.05, 0.1) is 19.3 Å². The van der Waals surface area contributed by atoms with Crippen LogP contribution >= 0.6 is 0 Å². The van der Waals surface area contributed by atoms with Gasteiger partial charge in [-0.25, -0.2) is 0 Å². The number of nitrogens with one attached hydrogen (secondary N) is 1. The average molecular weight is 223 g/mol. The molecule has 0 fully saturated rings. The van der Waals surface area contributed by atoms with Crippen LogP contribution in [0.3, 0.4) is 0 Å². The van der Waals surface area contributed by atoms with Crippen LogP contribution in [0.2, 0.25) is 0 Å². The van der Waals surface area contributed by atoms with Gasteiger partial charge in [-0.1, -0.05) is 26.0 Å². The van der Waals surface area contributed by atoms with Crippen LogP contribution < -0.4 is 5.32 Å². The number of benzene rings is 1. The van der Waals surface area contributed by atoms with Crippen LogP contribution in [0.25, 0.3) is 0 Å². The highest BCUT2D eigenvalue weighted by molar-refractivity contribution is 5.45. The second-order valence-corrected chi connectivity index (χ2v) is 4.50. The maximum absolute atomic E-state index is 8.94. The molecule has 0 spiro atoms. The SMILES string of the molecule is CC(C)Cc1ccc(NC(CO)CO)cc1. The van der Waals surface area contributed by atoms with Gasteiger partial charge in [-0.05, 0) is 30.0 Å². The Kier molecular flexibility index (Phi) is 5.29. The van der Waals surface area contributed by atoms with E-state index in [9.17, 15) is 0 Å². The summed E-state index contributed by atoms with van der Waals surface area (Å²) >= 11 is 0. The zero-order valence-electron chi connectivity index (χ0n) is 9.98. The molecule has 1 rings (SSSR count). The molecule has 0 aliphatic heterocycles. The molecular weight excluding hydrogens is 202 g/mol. The van der Waals surface area contributed by atoms with E-state index in [4.69, 9.17) is 10.2 Å². The minimum atomic E-state index is -0.282. The van der Waals surface area contributed by atoms with Crippen molar-refractivity contribution in [1.82, 2.24) is 0 Å². The number of hydrogen-bond donors (Lipinski definition) is 3. The molecule has 0 unspecified atom stereocenters. The molecule has 1 aromatic rings. The summed E-state index contributed by atoms with van der Waals surface area (Å²) in [5.41, 5.74) is 2.24. The van der Waals surface area contributed by atoms with Crippen molar-refractivity contribution >= 4 is 5.69 Å². The van der Waals surface area contributed by atoms with E-state index >= 15 is 0 Å². The zero-order valence-corrected chi connectivity index (χ0v) is 9.98. The first-order chi connectivity index (χ1) is 7.65. The fraction of sp³-hybridized carbons (Fsp3) is 0.538. The van der Waals surface area contributed by atoms with Gasteiger partial charge in [-0.15, -0.1) is 0 Å². The summed E-state index contributed by atoms with van der Waals surface area (Å²) in [6.07, 6.45) is 1.07. The Morgan fingerprint density at radius 2 is 1.62 bits per heavy atom. The van der Waals surface area contributed by atoms with Gasteiger partial charge in [-0.2, -0.15) is 0 Å². The average Bonchev–Trinajstić information content (AvgIpc) is 2.27. The second kappa shape index (κ2) is 6.51. The molecule has 0 aliphatic carbocycles. The fourth-order valence-corrected chi connectivity index (χ4v) is 1.59. The van der Waals surface area contributed by atoms with Crippen LogP contribution in [-0.2, 0) is 6.42 Å². The summed E-state index contributed by atoms with van der Waals surface area (Å²) in [4.78, 5) is 0. The van der Waals surface area contributed by atoms with Gasteiger partial charge in [0.25, 0.3) is 0 Å². The van der Waals surface area contributed by atoms with Crippen molar-refractivity contribution in [3.8, 4) is 0 Å². The molecule has 0 heterocycles. The van der Waals surface area contributed by atoms with E-state index in [1.807, 2.05) is 12.1 Å². The third-order valence-corrected chi connectivity index (χ3v) is 2.41. The van der Waals surface area contributed by atoms with E-state index < -0.39 is 0 Å². The Morgan fingerprint density at radius 3 is 2.06 bits per heavy atom. The Bertz CT molecular complexity index is 291. The van der Waals surface area contributed by atoms with Crippen molar-refractivity contribution in [1.29, 1.82) is 0 Å². The zero-order chi connectivity index (χ0) is 12.0. The molecule has 0 bridgehead atoms. The molecule has 0 aliphatic rings. The maximum atomic E-state index is 8.94. The first kappa shape index (κ1) is 13.0. The number of anilines is 1. The van der Waals surface area contributed by atoms with Crippen LogP contribution in [0.15, 0.2) is 24.3 Å². The van der Waals surface area contributed by atoms with Crippen LogP contribution in [0, 0.1) is 5.92 Å². The lowest BCUT2D eigenvalue weighted by atomic mass is 10.0. The predicted octanol–water partition coefficient (Wildman–Crippen LogP) is 1.65. The van der Waals surface area contributed by atoms with Crippen LogP contribution in [0.1, 0.15) is 19.4 Å². The molecule has 0 saturated carbocycles. The van der Waals surface area contributed by atoms with Gasteiger partial charge in [0, 0.05) is 5.69 Å². The first-order valence-corrected chi connectivity index (χ1v) is 5.73. The third-order valence-electron chi connectivity index (χ3n) is 2.41. The van der Waals surface area contributed by atoms with Crippen LogP contribution in [0.5, 0.6) is 0 Å². The van der Waals surface area contributed by atoms with Gasteiger partial charge in [-0.3, -0.25) is 0 Å². The lowest BCUT2D eigenvalue weighted by Crippen LogP contribution is -2.27. The Balaban J connectivity index is 2.57. The van der Waals surface area contributed by atoms with Crippen molar-refractivity contribution in [3.63, 3.8) is 0 Å². The lowest BCUT2D eigenvalue weighted by molar-refractivity contribution is 0.204. The lowest BCUT2D eigenvalue weighted by Gasteiger charge is -2.15. The Morgan fingerprint density at radius 1 is 1.06 bits per heavy atom. The largest absolute Gasteiger partial charge is 0.394 e. The van der Waals surface area contributed by atoms with Gasteiger partial charge >= 0.3 is 0 Å². The van der Waals surface area contributed by atoms with E-state index in [0.717, 1.165) is 12.1 Å². The van der Waals surface area contributed by atoms with Gasteiger partial charge in [0.1, 0.15) is 0 Å². The summed E-state index contributed by atoms with van der Waals surface area (Å²) in [6, 6.07) is 7.84.